The summed E-state index contributed by atoms with van der Waals surface area (Å²) in [6.45, 7) is 1.65. The van der Waals surface area contributed by atoms with Gasteiger partial charge in [-0.1, -0.05) is 29.8 Å². The minimum atomic E-state index is 0.769. The van der Waals surface area contributed by atoms with Crippen LogP contribution in [0.2, 0.25) is 5.02 Å². The number of benzene rings is 2. The van der Waals surface area contributed by atoms with Crippen LogP contribution >= 0.6 is 22.9 Å². The van der Waals surface area contributed by atoms with Gasteiger partial charge in [0, 0.05) is 17.8 Å². The van der Waals surface area contributed by atoms with Crippen LogP contribution in [0, 0.1) is 0 Å². The van der Waals surface area contributed by atoms with Crippen molar-refractivity contribution in [3.63, 3.8) is 0 Å². The summed E-state index contributed by atoms with van der Waals surface area (Å²) >= 11 is 7.87. The Morgan fingerprint density at radius 2 is 1.92 bits per heavy atom. The highest BCUT2D eigenvalue weighted by atomic mass is 35.5. The zero-order valence-electron chi connectivity index (χ0n) is 13.5. The lowest BCUT2D eigenvalue weighted by Gasteiger charge is -2.04. The van der Waals surface area contributed by atoms with Gasteiger partial charge in [-0.15, -0.1) is 11.3 Å². The zero-order chi connectivity index (χ0) is 16.8. The molecule has 3 rings (SSSR count). The van der Waals surface area contributed by atoms with E-state index in [2.05, 4.69) is 28.5 Å². The van der Waals surface area contributed by atoms with E-state index >= 15 is 0 Å². The SMILES string of the molecule is COc1ccc(-c2cnc(CNCCc3ccccc3Cl)s2)cc1. The van der Waals surface area contributed by atoms with Crippen LogP contribution in [-0.2, 0) is 13.0 Å². The summed E-state index contributed by atoms with van der Waals surface area (Å²) in [5.74, 6) is 0.865. The average molecular weight is 359 g/mol. The molecule has 5 heteroatoms. The number of thiazole rings is 1. The normalized spacial score (nSPS) is 10.8. The molecule has 0 radical (unpaired) electrons. The molecule has 0 unspecified atom stereocenters. The van der Waals surface area contributed by atoms with E-state index in [-0.39, 0.29) is 0 Å². The molecule has 124 valence electrons. The second kappa shape index (κ2) is 8.29. The molecule has 0 amide bonds. The monoisotopic (exact) mass is 358 g/mol. The van der Waals surface area contributed by atoms with E-state index in [0.29, 0.717) is 0 Å². The second-order valence-corrected chi connectivity index (χ2v) is 6.89. The predicted molar refractivity (Wildman–Crippen MR) is 101 cm³/mol. The molecule has 1 N–H and O–H groups in total. The van der Waals surface area contributed by atoms with Gasteiger partial charge < -0.3 is 10.1 Å². The molecule has 0 fully saturated rings. The van der Waals surface area contributed by atoms with Crippen LogP contribution in [-0.4, -0.2) is 18.6 Å². The van der Waals surface area contributed by atoms with Gasteiger partial charge in [0.1, 0.15) is 10.8 Å². The number of aromatic nitrogens is 1. The third-order valence-electron chi connectivity index (χ3n) is 3.73. The van der Waals surface area contributed by atoms with E-state index in [1.54, 1.807) is 18.4 Å². The quantitative estimate of drug-likeness (QED) is 0.616. The van der Waals surface area contributed by atoms with Gasteiger partial charge in [-0.05, 0) is 54.4 Å². The topological polar surface area (TPSA) is 34.1 Å². The first kappa shape index (κ1) is 17.0. The third-order valence-corrected chi connectivity index (χ3v) is 5.15. The van der Waals surface area contributed by atoms with Crippen LogP contribution in [0.5, 0.6) is 5.75 Å². The summed E-state index contributed by atoms with van der Waals surface area (Å²) < 4.78 is 5.19. The van der Waals surface area contributed by atoms with Crippen molar-refractivity contribution in [2.45, 2.75) is 13.0 Å². The van der Waals surface area contributed by atoms with Crippen LogP contribution in [0.15, 0.2) is 54.7 Å². The molecular formula is C19H19ClN2OS. The number of hydrogen-bond donors (Lipinski definition) is 1. The van der Waals surface area contributed by atoms with Crippen LogP contribution in [0.3, 0.4) is 0 Å². The molecule has 0 aliphatic heterocycles. The first-order valence-corrected chi connectivity index (χ1v) is 8.99. The van der Waals surface area contributed by atoms with Crippen molar-refractivity contribution in [1.82, 2.24) is 10.3 Å². The molecule has 0 bridgehead atoms. The van der Waals surface area contributed by atoms with E-state index in [9.17, 15) is 0 Å². The number of nitrogens with one attached hydrogen (secondary N) is 1. The van der Waals surface area contributed by atoms with Gasteiger partial charge in [0.15, 0.2) is 0 Å². The fraction of sp³-hybridized carbons (Fsp3) is 0.211. The summed E-state index contributed by atoms with van der Waals surface area (Å²) in [4.78, 5) is 5.66. The molecule has 0 aliphatic carbocycles. The molecule has 3 aromatic rings. The molecular weight excluding hydrogens is 340 g/mol. The minimum absolute atomic E-state index is 0.769. The van der Waals surface area contributed by atoms with Gasteiger partial charge in [-0.2, -0.15) is 0 Å². The van der Waals surface area contributed by atoms with Crippen molar-refractivity contribution in [3.05, 3.63) is 70.3 Å². The number of nitrogens with zero attached hydrogens (tertiary/aromatic N) is 1. The Hall–Kier alpha value is -1.88. The fourth-order valence-corrected chi connectivity index (χ4v) is 3.52. The summed E-state index contributed by atoms with van der Waals surface area (Å²) in [5, 5.41) is 5.34. The Morgan fingerprint density at radius 1 is 1.12 bits per heavy atom. The Kier molecular flexibility index (Phi) is 5.86. The molecule has 0 aliphatic rings. The van der Waals surface area contributed by atoms with E-state index in [1.165, 1.54) is 10.4 Å². The maximum absolute atomic E-state index is 6.17. The standard InChI is InChI=1S/C19H19ClN2OS/c1-23-16-8-6-15(7-9-16)18-12-22-19(24-18)13-21-11-10-14-4-2-3-5-17(14)20/h2-9,12,21H,10-11,13H2,1H3. The lowest BCUT2D eigenvalue weighted by Crippen LogP contribution is -2.16. The summed E-state index contributed by atoms with van der Waals surface area (Å²) in [6.07, 6.45) is 2.84. The third kappa shape index (κ3) is 4.35. The second-order valence-electron chi connectivity index (χ2n) is 5.36. The molecule has 0 atom stereocenters. The van der Waals surface area contributed by atoms with E-state index in [4.69, 9.17) is 16.3 Å². The van der Waals surface area contributed by atoms with Gasteiger partial charge in [0.05, 0.1) is 12.0 Å². The van der Waals surface area contributed by atoms with Gasteiger partial charge >= 0.3 is 0 Å². The minimum Gasteiger partial charge on any atom is -0.497 e. The van der Waals surface area contributed by atoms with Gasteiger partial charge in [-0.3, -0.25) is 0 Å². The van der Waals surface area contributed by atoms with Crippen molar-refractivity contribution < 1.29 is 4.74 Å². The highest BCUT2D eigenvalue weighted by Crippen LogP contribution is 2.27. The van der Waals surface area contributed by atoms with E-state index in [1.807, 2.05) is 36.5 Å². The fourth-order valence-electron chi connectivity index (χ4n) is 2.40. The molecule has 1 heterocycles. The molecule has 0 saturated heterocycles. The zero-order valence-corrected chi connectivity index (χ0v) is 15.0. The first-order chi connectivity index (χ1) is 11.8. The van der Waals surface area contributed by atoms with Crippen molar-refractivity contribution >= 4 is 22.9 Å². The lowest BCUT2D eigenvalue weighted by molar-refractivity contribution is 0.415. The lowest BCUT2D eigenvalue weighted by atomic mass is 10.1. The number of halogens is 1. The van der Waals surface area contributed by atoms with Gasteiger partial charge in [0.25, 0.3) is 0 Å². The smallest absolute Gasteiger partial charge is 0.118 e. The molecule has 1 aromatic heterocycles. The molecule has 3 nitrogen and oxygen atoms in total. The van der Waals surface area contributed by atoms with Crippen molar-refractivity contribution in [1.29, 1.82) is 0 Å². The summed E-state index contributed by atoms with van der Waals surface area (Å²) in [5.41, 5.74) is 2.33. The maximum atomic E-state index is 6.17. The van der Waals surface area contributed by atoms with Gasteiger partial charge in [0.2, 0.25) is 0 Å². The van der Waals surface area contributed by atoms with E-state index in [0.717, 1.165) is 40.9 Å². The van der Waals surface area contributed by atoms with Crippen LogP contribution < -0.4 is 10.1 Å². The number of hydrogen-bond acceptors (Lipinski definition) is 4. The Morgan fingerprint density at radius 3 is 2.67 bits per heavy atom. The van der Waals surface area contributed by atoms with Crippen LogP contribution in [0.1, 0.15) is 10.6 Å². The van der Waals surface area contributed by atoms with Crippen LogP contribution in [0.25, 0.3) is 10.4 Å². The molecule has 0 saturated carbocycles. The first-order valence-electron chi connectivity index (χ1n) is 7.79. The maximum Gasteiger partial charge on any atom is 0.118 e. The Balaban J connectivity index is 1.51. The average Bonchev–Trinajstić information content (AvgIpc) is 3.09. The Labute approximate surface area is 151 Å². The predicted octanol–water partition coefficient (Wildman–Crippen LogP) is 4.80. The van der Waals surface area contributed by atoms with Crippen LogP contribution in [0.4, 0.5) is 0 Å². The Bertz CT molecular complexity index is 786. The van der Waals surface area contributed by atoms with E-state index < -0.39 is 0 Å². The van der Waals surface area contributed by atoms with Gasteiger partial charge in [-0.25, -0.2) is 4.98 Å². The molecule has 2 aromatic carbocycles. The van der Waals surface area contributed by atoms with Crippen molar-refractivity contribution in [2.24, 2.45) is 0 Å². The molecule has 24 heavy (non-hydrogen) atoms. The van der Waals surface area contributed by atoms with Crippen molar-refractivity contribution in [3.8, 4) is 16.2 Å². The number of ether oxygens (including phenoxy) is 1. The highest BCUT2D eigenvalue weighted by molar-refractivity contribution is 7.15. The van der Waals surface area contributed by atoms with Crippen molar-refractivity contribution in [2.75, 3.05) is 13.7 Å². The number of rotatable bonds is 7. The summed E-state index contributed by atoms with van der Waals surface area (Å²) in [6, 6.07) is 16.0. The summed E-state index contributed by atoms with van der Waals surface area (Å²) in [7, 11) is 1.67. The largest absolute Gasteiger partial charge is 0.497 e. The highest BCUT2D eigenvalue weighted by Gasteiger charge is 2.05. The number of methoxy groups -OCH3 is 1. The molecule has 0 spiro atoms.